The van der Waals surface area contributed by atoms with Gasteiger partial charge in [0.2, 0.25) is 10.0 Å². The van der Waals surface area contributed by atoms with Crippen molar-refractivity contribution in [1.82, 2.24) is 9.62 Å². The maximum atomic E-state index is 12.5. The molecule has 1 unspecified atom stereocenters. The average molecular weight is 345 g/mol. The summed E-state index contributed by atoms with van der Waals surface area (Å²) in [6, 6.07) is 1.40. The topological polar surface area (TPSA) is 58.6 Å². The summed E-state index contributed by atoms with van der Waals surface area (Å²) in [6.45, 7) is 1.62. The third kappa shape index (κ3) is 3.41. The molecule has 0 spiro atoms. The Kier molecular flexibility index (Phi) is 5.10. The molecule has 0 aliphatic carbocycles. The highest BCUT2D eigenvalue weighted by Crippen LogP contribution is 2.36. The average Bonchev–Trinajstić information content (AvgIpc) is 2.70. The molecule has 9 heteroatoms. The first-order valence-electron chi connectivity index (χ1n) is 5.66. The Morgan fingerprint density at radius 2 is 2.32 bits per heavy atom. The molecule has 0 radical (unpaired) electrons. The summed E-state index contributed by atoms with van der Waals surface area (Å²) in [4.78, 5) is 0.0780. The molecule has 19 heavy (non-hydrogen) atoms. The van der Waals surface area contributed by atoms with Crippen molar-refractivity contribution in [3.8, 4) is 0 Å². The van der Waals surface area contributed by atoms with Crippen molar-refractivity contribution < 1.29 is 13.2 Å². The van der Waals surface area contributed by atoms with Crippen LogP contribution in [-0.4, -0.2) is 52.1 Å². The van der Waals surface area contributed by atoms with Gasteiger partial charge in [-0.05, 0) is 13.1 Å². The monoisotopic (exact) mass is 344 g/mol. The number of thiophene rings is 1. The van der Waals surface area contributed by atoms with E-state index in [0.717, 1.165) is 11.3 Å². The van der Waals surface area contributed by atoms with Crippen LogP contribution in [0.25, 0.3) is 0 Å². The van der Waals surface area contributed by atoms with E-state index in [9.17, 15) is 8.42 Å². The number of rotatable bonds is 4. The van der Waals surface area contributed by atoms with Gasteiger partial charge in [0.15, 0.2) is 0 Å². The predicted octanol–water partition coefficient (Wildman–Crippen LogP) is 1.66. The van der Waals surface area contributed by atoms with Gasteiger partial charge in [-0.1, -0.05) is 23.2 Å². The summed E-state index contributed by atoms with van der Waals surface area (Å²) in [7, 11) is -1.81. The van der Waals surface area contributed by atoms with E-state index >= 15 is 0 Å². The fraction of sp³-hybridized carbons (Fsp3) is 0.600. The van der Waals surface area contributed by atoms with Crippen molar-refractivity contribution in [3.05, 3.63) is 14.7 Å². The number of sulfonamides is 1. The molecule has 1 aromatic heterocycles. The second-order valence-electron chi connectivity index (χ2n) is 4.10. The summed E-state index contributed by atoms with van der Waals surface area (Å²) < 4.78 is 32.4. The second kappa shape index (κ2) is 6.26. The van der Waals surface area contributed by atoms with E-state index in [1.807, 2.05) is 0 Å². The van der Waals surface area contributed by atoms with Crippen LogP contribution in [-0.2, 0) is 14.8 Å². The van der Waals surface area contributed by atoms with Crippen molar-refractivity contribution in [2.75, 3.05) is 33.3 Å². The van der Waals surface area contributed by atoms with E-state index in [1.165, 1.54) is 10.4 Å². The molecule has 1 aliphatic rings. The van der Waals surface area contributed by atoms with Crippen molar-refractivity contribution >= 4 is 44.6 Å². The highest BCUT2D eigenvalue weighted by molar-refractivity contribution is 7.89. The lowest BCUT2D eigenvalue weighted by Gasteiger charge is -2.31. The van der Waals surface area contributed by atoms with Crippen molar-refractivity contribution in [3.63, 3.8) is 0 Å². The quantitative estimate of drug-likeness (QED) is 0.902. The van der Waals surface area contributed by atoms with Gasteiger partial charge in [0.25, 0.3) is 0 Å². The molecule has 1 aliphatic heterocycles. The molecule has 1 fully saturated rings. The SMILES string of the molecule is CNCC1CN(S(=O)(=O)c2cc(Cl)sc2Cl)CCO1. The van der Waals surface area contributed by atoms with Crippen LogP contribution in [0.2, 0.25) is 8.67 Å². The van der Waals surface area contributed by atoms with Crippen molar-refractivity contribution in [2.24, 2.45) is 0 Å². The Balaban J connectivity index is 2.22. The highest BCUT2D eigenvalue weighted by atomic mass is 35.5. The van der Waals surface area contributed by atoms with Crippen LogP contribution in [0.1, 0.15) is 0 Å². The van der Waals surface area contributed by atoms with Crippen LogP contribution < -0.4 is 5.32 Å². The van der Waals surface area contributed by atoms with Crippen LogP contribution in [0.5, 0.6) is 0 Å². The maximum Gasteiger partial charge on any atom is 0.245 e. The Bertz CT molecular complexity index is 545. The van der Waals surface area contributed by atoms with E-state index < -0.39 is 10.0 Å². The van der Waals surface area contributed by atoms with Gasteiger partial charge in [0.1, 0.15) is 9.23 Å². The molecule has 1 aromatic rings. The first-order chi connectivity index (χ1) is 8.95. The molecule has 0 aromatic carbocycles. The van der Waals surface area contributed by atoms with E-state index in [1.54, 1.807) is 7.05 Å². The third-order valence-corrected chi connectivity index (χ3v) is 6.39. The zero-order valence-corrected chi connectivity index (χ0v) is 13.4. The Labute approximate surface area is 126 Å². The predicted molar refractivity (Wildman–Crippen MR) is 76.8 cm³/mol. The molecular weight excluding hydrogens is 331 g/mol. The molecule has 2 rings (SSSR count). The minimum atomic E-state index is -3.60. The number of likely N-dealkylation sites (N-methyl/N-ethyl adjacent to an activating group) is 1. The number of ether oxygens (including phenoxy) is 1. The fourth-order valence-electron chi connectivity index (χ4n) is 1.90. The number of halogens is 2. The standard InChI is InChI=1S/C10H14Cl2N2O3S2/c1-13-5-7-6-14(2-3-17-7)19(15,16)8-4-9(11)18-10(8)12/h4,7,13H,2-3,5-6H2,1H3. The molecule has 5 nitrogen and oxygen atoms in total. The second-order valence-corrected chi connectivity index (χ2v) is 8.29. The van der Waals surface area contributed by atoms with Crippen LogP contribution in [0, 0.1) is 0 Å². The molecule has 1 saturated heterocycles. The number of hydrogen-bond donors (Lipinski definition) is 1. The molecule has 1 atom stereocenters. The number of nitrogens with zero attached hydrogens (tertiary/aromatic N) is 1. The van der Waals surface area contributed by atoms with Crippen LogP contribution in [0.4, 0.5) is 0 Å². The number of nitrogens with one attached hydrogen (secondary N) is 1. The fourth-order valence-corrected chi connectivity index (χ4v) is 5.47. The molecule has 0 saturated carbocycles. The Morgan fingerprint density at radius 3 is 2.89 bits per heavy atom. The van der Waals surface area contributed by atoms with Gasteiger partial charge in [0, 0.05) is 19.6 Å². The lowest BCUT2D eigenvalue weighted by molar-refractivity contribution is 0.000832. The normalized spacial score (nSPS) is 21.7. The van der Waals surface area contributed by atoms with Gasteiger partial charge in [0.05, 0.1) is 17.0 Å². The van der Waals surface area contributed by atoms with Gasteiger partial charge in [-0.2, -0.15) is 4.31 Å². The van der Waals surface area contributed by atoms with E-state index in [4.69, 9.17) is 27.9 Å². The first kappa shape index (κ1) is 15.5. The summed E-state index contributed by atoms with van der Waals surface area (Å²) in [5, 5.41) is 2.97. The number of morpholine rings is 1. The Morgan fingerprint density at radius 1 is 1.58 bits per heavy atom. The molecule has 108 valence electrons. The van der Waals surface area contributed by atoms with E-state index in [2.05, 4.69) is 5.32 Å². The summed E-state index contributed by atoms with van der Waals surface area (Å²) in [5.41, 5.74) is 0. The lowest BCUT2D eigenvalue weighted by Crippen LogP contribution is -2.48. The largest absolute Gasteiger partial charge is 0.374 e. The van der Waals surface area contributed by atoms with Crippen LogP contribution >= 0.6 is 34.5 Å². The third-order valence-electron chi connectivity index (χ3n) is 2.78. The molecular formula is C10H14Cl2N2O3S2. The Hall–Kier alpha value is 0.110. The molecule has 2 heterocycles. The first-order valence-corrected chi connectivity index (χ1v) is 8.67. The van der Waals surface area contributed by atoms with Crippen molar-refractivity contribution in [1.29, 1.82) is 0 Å². The van der Waals surface area contributed by atoms with E-state index in [-0.39, 0.29) is 15.3 Å². The van der Waals surface area contributed by atoms with Crippen LogP contribution in [0.15, 0.2) is 11.0 Å². The summed E-state index contributed by atoms with van der Waals surface area (Å²) in [6.07, 6.45) is -0.151. The highest BCUT2D eigenvalue weighted by Gasteiger charge is 2.32. The van der Waals surface area contributed by atoms with Crippen molar-refractivity contribution in [2.45, 2.75) is 11.0 Å². The van der Waals surface area contributed by atoms with Gasteiger partial charge in [-0.3, -0.25) is 0 Å². The van der Waals surface area contributed by atoms with Gasteiger partial charge in [-0.15, -0.1) is 11.3 Å². The maximum absolute atomic E-state index is 12.5. The summed E-state index contributed by atoms with van der Waals surface area (Å²) in [5.74, 6) is 0. The van der Waals surface area contributed by atoms with Crippen LogP contribution in [0.3, 0.4) is 0 Å². The summed E-state index contributed by atoms with van der Waals surface area (Å²) >= 11 is 12.8. The van der Waals surface area contributed by atoms with Gasteiger partial charge in [-0.25, -0.2) is 8.42 Å². The minimum Gasteiger partial charge on any atom is -0.374 e. The van der Waals surface area contributed by atoms with Gasteiger partial charge >= 0.3 is 0 Å². The molecule has 1 N–H and O–H groups in total. The molecule has 0 bridgehead atoms. The smallest absolute Gasteiger partial charge is 0.245 e. The van der Waals surface area contributed by atoms with E-state index in [0.29, 0.717) is 30.6 Å². The number of hydrogen-bond acceptors (Lipinski definition) is 5. The zero-order valence-electron chi connectivity index (χ0n) is 10.2. The molecule has 0 amide bonds. The lowest BCUT2D eigenvalue weighted by atomic mass is 10.3. The minimum absolute atomic E-state index is 0.0780. The zero-order chi connectivity index (χ0) is 14.0. The van der Waals surface area contributed by atoms with Gasteiger partial charge < -0.3 is 10.1 Å².